The van der Waals surface area contributed by atoms with Crippen LogP contribution < -0.4 is 10.1 Å². The Balaban J connectivity index is 1.56. The van der Waals surface area contributed by atoms with Gasteiger partial charge >= 0.3 is 0 Å². The van der Waals surface area contributed by atoms with E-state index in [1.54, 1.807) is 66.3 Å². The van der Waals surface area contributed by atoms with Gasteiger partial charge in [0.2, 0.25) is 0 Å². The molecule has 0 bridgehead atoms. The van der Waals surface area contributed by atoms with E-state index >= 15 is 0 Å². The SMILES string of the molecule is COc1ccc(C(=O)NCc2nnc(SCc3ccc([N+](=O)[O-])cc3)n2-c2ccc(Cl)c(Cl)c2)cc1. The first-order valence-electron chi connectivity index (χ1n) is 10.5. The standard InChI is InChI=1S/C24H19Cl2N5O4S/c1-35-19-9-4-16(5-10-19)23(32)27-13-22-28-29-24(30(22)18-8-11-20(25)21(26)12-18)36-14-15-2-6-17(7-3-15)31(33)34/h2-12H,13-14H2,1H3,(H,27,32). The maximum absolute atomic E-state index is 12.7. The number of nitro benzene ring substituents is 1. The summed E-state index contributed by atoms with van der Waals surface area (Å²) in [4.78, 5) is 23.1. The van der Waals surface area contributed by atoms with Gasteiger partial charge in [-0.3, -0.25) is 19.5 Å². The molecule has 0 fully saturated rings. The highest BCUT2D eigenvalue weighted by molar-refractivity contribution is 7.98. The van der Waals surface area contributed by atoms with Crippen molar-refractivity contribution in [1.82, 2.24) is 20.1 Å². The second-order valence-corrected chi connectivity index (χ2v) is 9.21. The molecule has 3 aromatic carbocycles. The summed E-state index contributed by atoms with van der Waals surface area (Å²) in [6.45, 7) is 0.107. The maximum atomic E-state index is 12.7. The zero-order valence-electron chi connectivity index (χ0n) is 18.9. The molecule has 0 aliphatic rings. The number of carbonyl (C=O) groups is 1. The highest BCUT2D eigenvalue weighted by atomic mass is 35.5. The van der Waals surface area contributed by atoms with Gasteiger partial charge in [-0.2, -0.15) is 0 Å². The van der Waals surface area contributed by atoms with Crippen LogP contribution >= 0.6 is 35.0 Å². The molecule has 1 amide bonds. The van der Waals surface area contributed by atoms with Gasteiger partial charge in [-0.15, -0.1) is 10.2 Å². The van der Waals surface area contributed by atoms with Crippen molar-refractivity contribution in [3.8, 4) is 11.4 Å². The quantitative estimate of drug-likeness (QED) is 0.163. The summed E-state index contributed by atoms with van der Waals surface area (Å²) in [5, 5.41) is 23.7. The van der Waals surface area contributed by atoms with Crippen LogP contribution in [-0.4, -0.2) is 32.7 Å². The Kier molecular flexibility index (Phi) is 8.09. The molecule has 1 aromatic heterocycles. The molecule has 0 aliphatic carbocycles. The number of rotatable bonds is 9. The third-order valence-electron chi connectivity index (χ3n) is 5.14. The Morgan fingerprint density at radius 2 is 1.78 bits per heavy atom. The number of nitrogens with zero attached hydrogens (tertiary/aromatic N) is 4. The van der Waals surface area contributed by atoms with Crippen LogP contribution in [0.2, 0.25) is 10.0 Å². The van der Waals surface area contributed by atoms with Gasteiger partial charge in [0.25, 0.3) is 11.6 Å². The first-order valence-corrected chi connectivity index (χ1v) is 12.3. The van der Waals surface area contributed by atoms with Gasteiger partial charge in [-0.1, -0.05) is 47.1 Å². The van der Waals surface area contributed by atoms with E-state index in [9.17, 15) is 14.9 Å². The van der Waals surface area contributed by atoms with Crippen LogP contribution in [0.5, 0.6) is 5.75 Å². The first-order chi connectivity index (χ1) is 17.4. The summed E-state index contributed by atoms with van der Waals surface area (Å²) >= 11 is 13.7. The second-order valence-electron chi connectivity index (χ2n) is 7.46. The molecule has 0 saturated carbocycles. The summed E-state index contributed by atoms with van der Waals surface area (Å²) in [7, 11) is 1.56. The van der Waals surface area contributed by atoms with Crippen LogP contribution in [0.4, 0.5) is 5.69 Å². The predicted octanol–water partition coefficient (Wildman–Crippen LogP) is 5.71. The number of nitro groups is 1. The second kappa shape index (κ2) is 11.4. The van der Waals surface area contributed by atoms with E-state index in [1.807, 2.05) is 0 Å². The molecule has 0 aliphatic heterocycles. The Morgan fingerprint density at radius 1 is 1.06 bits per heavy atom. The number of aromatic nitrogens is 3. The third-order valence-corrected chi connectivity index (χ3v) is 6.88. The van der Waals surface area contributed by atoms with Crippen LogP contribution in [0, 0.1) is 10.1 Å². The molecule has 36 heavy (non-hydrogen) atoms. The number of thioether (sulfide) groups is 1. The molecule has 0 spiro atoms. The van der Waals surface area contributed by atoms with Crippen molar-refractivity contribution in [3.05, 3.63) is 104 Å². The summed E-state index contributed by atoms with van der Waals surface area (Å²) in [6.07, 6.45) is 0. The van der Waals surface area contributed by atoms with E-state index in [4.69, 9.17) is 27.9 Å². The molecular formula is C24H19Cl2N5O4S. The Hall–Kier alpha value is -3.60. The van der Waals surface area contributed by atoms with Crippen LogP contribution in [-0.2, 0) is 12.3 Å². The van der Waals surface area contributed by atoms with Gasteiger partial charge < -0.3 is 10.1 Å². The van der Waals surface area contributed by atoms with Crippen molar-refractivity contribution in [2.24, 2.45) is 0 Å². The van der Waals surface area contributed by atoms with Gasteiger partial charge in [-0.05, 0) is 48.0 Å². The molecule has 12 heteroatoms. The van der Waals surface area contributed by atoms with Crippen molar-refractivity contribution in [3.63, 3.8) is 0 Å². The zero-order valence-corrected chi connectivity index (χ0v) is 21.2. The highest BCUT2D eigenvalue weighted by Crippen LogP contribution is 2.30. The van der Waals surface area contributed by atoms with Crippen LogP contribution in [0.25, 0.3) is 5.69 Å². The number of hydrogen-bond acceptors (Lipinski definition) is 7. The van der Waals surface area contributed by atoms with Gasteiger partial charge in [0.05, 0.1) is 34.3 Å². The molecular weight excluding hydrogens is 525 g/mol. The van der Waals surface area contributed by atoms with Crippen molar-refractivity contribution >= 4 is 46.6 Å². The summed E-state index contributed by atoms with van der Waals surface area (Å²) in [5.41, 5.74) is 2.06. The highest BCUT2D eigenvalue weighted by Gasteiger charge is 2.17. The number of ether oxygens (including phenoxy) is 1. The lowest BCUT2D eigenvalue weighted by Gasteiger charge is -2.12. The van der Waals surface area contributed by atoms with Gasteiger partial charge in [-0.25, -0.2) is 0 Å². The van der Waals surface area contributed by atoms with E-state index in [0.29, 0.717) is 43.8 Å². The van der Waals surface area contributed by atoms with Gasteiger partial charge in [0.15, 0.2) is 11.0 Å². The number of non-ortho nitro benzene ring substituents is 1. The number of nitrogens with one attached hydrogen (secondary N) is 1. The lowest BCUT2D eigenvalue weighted by Crippen LogP contribution is -2.24. The number of halogens is 2. The number of methoxy groups -OCH3 is 1. The molecule has 9 nitrogen and oxygen atoms in total. The van der Waals surface area contributed by atoms with Crippen molar-refractivity contribution in [2.75, 3.05) is 7.11 Å². The Bertz CT molecular complexity index is 1390. The molecule has 0 saturated heterocycles. The number of amides is 1. The fourth-order valence-corrected chi connectivity index (χ4v) is 4.48. The van der Waals surface area contributed by atoms with Crippen LogP contribution in [0.1, 0.15) is 21.7 Å². The molecule has 1 heterocycles. The number of carbonyl (C=O) groups excluding carboxylic acids is 1. The van der Waals surface area contributed by atoms with E-state index in [2.05, 4.69) is 15.5 Å². The molecule has 0 unspecified atom stereocenters. The minimum absolute atomic E-state index is 0.0256. The van der Waals surface area contributed by atoms with E-state index in [-0.39, 0.29) is 18.1 Å². The van der Waals surface area contributed by atoms with Crippen molar-refractivity contribution in [2.45, 2.75) is 17.5 Å². The van der Waals surface area contributed by atoms with E-state index < -0.39 is 4.92 Å². The van der Waals surface area contributed by atoms with Crippen molar-refractivity contribution < 1.29 is 14.5 Å². The normalized spacial score (nSPS) is 10.8. The largest absolute Gasteiger partial charge is 0.497 e. The fraction of sp³-hybridized carbons (Fsp3) is 0.125. The minimum Gasteiger partial charge on any atom is -0.497 e. The Labute approximate surface area is 220 Å². The molecule has 4 aromatic rings. The fourth-order valence-electron chi connectivity index (χ4n) is 3.26. The zero-order chi connectivity index (χ0) is 25.7. The van der Waals surface area contributed by atoms with Crippen molar-refractivity contribution in [1.29, 1.82) is 0 Å². The van der Waals surface area contributed by atoms with Gasteiger partial charge in [0, 0.05) is 23.4 Å². The van der Waals surface area contributed by atoms with E-state index in [1.165, 1.54) is 23.9 Å². The summed E-state index contributed by atoms with van der Waals surface area (Å²) in [5.74, 6) is 1.36. The smallest absolute Gasteiger partial charge is 0.269 e. The van der Waals surface area contributed by atoms with E-state index in [0.717, 1.165) is 5.56 Å². The summed E-state index contributed by atoms with van der Waals surface area (Å²) in [6, 6.07) is 18.2. The minimum atomic E-state index is -0.440. The summed E-state index contributed by atoms with van der Waals surface area (Å²) < 4.78 is 6.91. The monoisotopic (exact) mass is 543 g/mol. The lowest BCUT2D eigenvalue weighted by atomic mass is 10.2. The average molecular weight is 544 g/mol. The predicted molar refractivity (Wildman–Crippen MR) is 138 cm³/mol. The average Bonchev–Trinajstić information content (AvgIpc) is 3.30. The van der Waals surface area contributed by atoms with Crippen LogP contribution in [0.15, 0.2) is 71.9 Å². The number of hydrogen-bond donors (Lipinski definition) is 1. The topological polar surface area (TPSA) is 112 Å². The molecule has 0 atom stereocenters. The number of benzene rings is 3. The third kappa shape index (κ3) is 5.96. The molecule has 4 rings (SSSR count). The maximum Gasteiger partial charge on any atom is 0.269 e. The van der Waals surface area contributed by atoms with Gasteiger partial charge in [0.1, 0.15) is 5.75 Å². The lowest BCUT2D eigenvalue weighted by molar-refractivity contribution is -0.384. The molecule has 1 N–H and O–H groups in total. The first kappa shape index (κ1) is 25.5. The Morgan fingerprint density at radius 3 is 2.42 bits per heavy atom. The van der Waals surface area contributed by atoms with Crippen LogP contribution in [0.3, 0.4) is 0 Å². The molecule has 0 radical (unpaired) electrons. The molecule has 184 valence electrons.